The number of hydrogen-bond donors (Lipinski definition) is 1. The van der Waals surface area contributed by atoms with Gasteiger partial charge in [-0.2, -0.15) is 17.5 Å². The fraction of sp³-hybridized carbons (Fsp3) is 0.462. The molecule has 1 N–H and O–H groups in total. The second-order valence-electron chi connectivity index (χ2n) is 5.39. The van der Waals surface area contributed by atoms with Gasteiger partial charge in [0.15, 0.2) is 0 Å². The predicted octanol–water partition coefficient (Wildman–Crippen LogP) is 2.70. The zero-order valence-electron chi connectivity index (χ0n) is 11.8. The van der Waals surface area contributed by atoms with Gasteiger partial charge in [-0.3, -0.25) is 4.79 Å². The van der Waals surface area contributed by atoms with E-state index in [1.165, 1.54) is 0 Å². The monoisotopic (exact) mass is 371 g/mol. The molecule has 5 nitrogen and oxygen atoms in total. The molecule has 2 rings (SSSR count). The Balaban J connectivity index is 2.36. The van der Waals surface area contributed by atoms with E-state index in [4.69, 9.17) is 16.7 Å². The molecule has 0 spiro atoms. The Morgan fingerprint density at radius 1 is 1.35 bits per heavy atom. The summed E-state index contributed by atoms with van der Waals surface area (Å²) in [4.78, 5) is 10.6. The summed E-state index contributed by atoms with van der Waals surface area (Å²) < 4.78 is 63.7. The predicted molar refractivity (Wildman–Crippen MR) is 75.5 cm³/mol. The average Bonchev–Trinajstić information content (AvgIpc) is 2.80. The van der Waals surface area contributed by atoms with Gasteiger partial charge in [-0.25, -0.2) is 8.42 Å². The molecule has 1 aliphatic rings. The molecule has 1 fully saturated rings. The van der Waals surface area contributed by atoms with Crippen molar-refractivity contribution in [2.24, 2.45) is 11.8 Å². The molecule has 1 saturated heterocycles. The second-order valence-corrected chi connectivity index (χ2v) is 7.70. The first-order valence-electron chi connectivity index (χ1n) is 6.54. The standard InChI is InChI=1S/C13H13ClF3NO4S/c1-7-5-18(6-9(7)12(19)20)23(21,22)11-3-2-8(4-10(11)14)13(15,16)17/h2-4,7,9H,5-6H2,1H3,(H,19,20)/t7-,9-/m1/s1. The topological polar surface area (TPSA) is 74.7 Å². The van der Waals surface area contributed by atoms with E-state index in [0.717, 1.165) is 10.4 Å². The third-order valence-corrected chi connectivity index (χ3v) is 6.09. The van der Waals surface area contributed by atoms with Gasteiger partial charge in [-0.15, -0.1) is 0 Å². The zero-order chi connectivity index (χ0) is 17.6. The van der Waals surface area contributed by atoms with Crippen LogP contribution in [-0.2, 0) is 21.0 Å². The van der Waals surface area contributed by atoms with E-state index >= 15 is 0 Å². The van der Waals surface area contributed by atoms with Crippen LogP contribution in [-0.4, -0.2) is 36.9 Å². The van der Waals surface area contributed by atoms with Gasteiger partial charge in [0.25, 0.3) is 0 Å². The van der Waals surface area contributed by atoms with Crippen molar-refractivity contribution in [1.29, 1.82) is 0 Å². The van der Waals surface area contributed by atoms with E-state index in [0.29, 0.717) is 12.1 Å². The normalized spacial score (nSPS) is 23.2. The lowest BCUT2D eigenvalue weighted by Gasteiger charge is -2.18. The molecule has 128 valence electrons. The summed E-state index contributed by atoms with van der Waals surface area (Å²) in [5.74, 6) is -2.39. The van der Waals surface area contributed by atoms with Gasteiger partial charge in [0, 0.05) is 13.1 Å². The molecule has 0 aromatic heterocycles. The van der Waals surface area contributed by atoms with Crippen molar-refractivity contribution in [3.63, 3.8) is 0 Å². The van der Waals surface area contributed by atoms with Crippen molar-refractivity contribution in [3.8, 4) is 0 Å². The van der Waals surface area contributed by atoms with E-state index in [9.17, 15) is 26.4 Å². The lowest BCUT2D eigenvalue weighted by Crippen LogP contribution is -2.30. The number of nitrogens with zero attached hydrogens (tertiary/aromatic N) is 1. The van der Waals surface area contributed by atoms with Crippen LogP contribution in [0.25, 0.3) is 0 Å². The summed E-state index contributed by atoms with van der Waals surface area (Å²) in [6.07, 6.45) is -4.64. The number of halogens is 4. The Morgan fingerprint density at radius 3 is 2.39 bits per heavy atom. The third kappa shape index (κ3) is 3.46. The van der Waals surface area contributed by atoms with E-state index in [2.05, 4.69) is 0 Å². The minimum absolute atomic E-state index is 0.0311. The number of hydrogen-bond acceptors (Lipinski definition) is 3. The van der Waals surface area contributed by atoms with Crippen molar-refractivity contribution >= 4 is 27.6 Å². The quantitative estimate of drug-likeness (QED) is 0.886. The summed E-state index contributed by atoms with van der Waals surface area (Å²) in [5, 5.41) is 8.50. The number of rotatable bonds is 3. The van der Waals surface area contributed by atoms with Crippen LogP contribution in [0.4, 0.5) is 13.2 Å². The molecule has 0 unspecified atom stereocenters. The number of alkyl halides is 3. The maximum Gasteiger partial charge on any atom is 0.416 e. The molecule has 1 aliphatic heterocycles. The molecule has 1 aromatic carbocycles. The molecule has 1 heterocycles. The summed E-state index contributed by atoms with van der Waals surface area (Å²) in [7, 11) is -4.16. The molecule has 0 bridgehead atoms. The van der Waals surface area contributed by atoms with Gasteiger partial charge in [-0.1, -0.05) is 18.5 Å². The fourth-order valence-electron chi connectivity index (χ4n) is 2.47. The van der Waals surface area contributed by atoms with E-state index in [-0.39, 0.29) is 13.1 Å². The van der Waals surface area contributed by atoms with Gasteiger partial charge < -0.3 is 5.11 Å². The maximum absolute atomic E-state index is 12.6. The number of carboxylic acid groups (broad SMARTS) is 1. The molecule has 0 saturated carbocycles. The molecule has 2 atom stereocenters. The molecule has 23 heavy (non-hydrogen) atoms. The summed E-state index contributed by atoms with van der Waals surface area (Å²) in [6.45, 7) is 1.33. The van der Waals surface area contributed by atoms with Crippen molar-refractivity contribution in [2.45, 2.75) is 18.0 Å². The van der Waals surface area contributed by atoms with Gasteiger partial charge in [0.1, 0.15) is 4.90 Å². The van der Waals surface area contributed by atoms with E-state index in [1.54, 1.807) is 6.92 Å². The first-order valence-corrected chi connectivity index (χ1v) is 8.36. The SMILES string of the molecule is C[C@@H]1CN(S(=O)(=O)c2ccc(C(F)(F)F)cc2Cl)C[C@H]1C(=O)O. The number of benzene rings is 1. The Bertz CT molecular complexity index is 735. The fourth-order valence-corrected chi connectivity index (χ4v) is 4.55. The summed E-state index contributed by atoms with van der Waals surface area (Å²) in [5.41, 5.74) is -1.06. The van der Waals surface area contributed by atoms with Crippen molar-refractivity contribution in [3.05, 3.63) is 28.8 Å². The van der Waals surface area contributed by atoms with Gasteiger partial charge in [-0.05, 0) is 24.1 Å². The third-order valence-electron chi connectivity index (χ3n) is 3.77. The van der Waals surface area contributed by atoms with Crippen LogP contribution in [0.5, 0.6) is 0 Å². The number of aliphatic carboxylic acids is 1. The number of sulfonamides is 1. The van der Waals surface area contributed by atoms with Crippen molar-refractivity contribution in [1.82, 2.24) is 4.31 Å². The van der Waals surface area contributed by atoms with E-state index < -0.39 is 49.5 Å². The van der Waals surface area contributed by atoms with Crippen molar-refractivity contribution < 1.29 is 31.5 Å². The highest BCUT2D eigenvalue weighted by Crippen LogP contribution is 2.36. The van der Waals surface area contributed by atoms with Crippen LogP contribution >= 0.6 is 11.6 Å². The highest BCUT2D eigenvalue weighted by Gasteiger charge is 2.41. The lowest BCUT2D eigenvalue weighted by molar-refractivity contribution is -0.142. The largest absolute Gasteiger partial charge is 0.481 e. The molecular formula is C13H13ClF3NO4S. The Kier molecular flexibility index (Phi) is 4.67. The maximum atomic E-state index is 12.6. The number of carboxylic acids is 1. The second kappa shape index (κ2) is 5.95. The molecule has 1 aromatic rings. The van der Waals surface area contributed by atoms with E-state index in [1.807, 2.05) is 0 Å². The summed E-state index contributed by atoms with van der Waals surface area (Å²) >= 11 is 5.71. The molecule has 0 radical (unpaired) electrons. The first-order chi connectivity index (χ1) is 10.4. The van der Waals surface area contributed by atoms with Crippen LogP contribution in [0, 0.1) is 11.8 Å². The Hall–Kier alpha value is -1.32. The average molecular weight is 372 g/mol. The minimum Gasteiger partial charge on any atom is -0.481 e. The van der Waals surface area contributed by atoms with Crippen LogP contribution in [0.3, 0.4) is 0 Å². The zero-order valence-corrected chi connectivity index (χ0v) is 13.4. The van der Waals surface area contributed by atoms with Crippen LogP contribution in [0.15, 0.2) is 23.1 Å². The molecule has 0 aliphatic carbocycles. The van der Waals surface area contributed by atoms with Crippen molar-refractivity contribution in [2.75, 3.05) is 13.1 Å². The molecule has 10 heteroatoms. The Morgan fingerprint density at radius 2 is 1.96 bits per heavy atom. The van der Waals surface area contributed by atoms with Crippen LogP contribution in [0.1, 0.15) is 12.5 Å². The summed E-state index contributed by atoms with van der Waals surface area (Å²) in [6, 6.07) is 1.97. The molecular weight excluding hydrogens is 359 g/mol. The van der Waals surface area contributed by atoms with Gasteiger partial charge in [0.2, 0.25) is 10.0 Å². The van der Waals surface area contributed by atoms with Crippen LogP contribution in [0.2, 0.25) is 5.02 Å². The van der Waals surface area contributed by atoms with Crippen LogP contribution < -0.4 is 0 Å². The Labute approximate surface area is 135 Å². The highest BCUT2D eigenvalue weighted by molar-refractivity contribution is 7.89. The smallest absolute Gasteiger partial charge is 0.416 e. The number of carbonyl (C=O) groups is 1. The molecule has 0 amide bonds. The first kappa shape index (κ1) is 18.0. The minimum atomic E-state index is -4.64. The van der Waals surface area contributed by atoms with Gasteiger partial charge in [0.05, 0.1) is 16.5 Å². The lowest BCUT2D eigenvalue weighted by atomic mass is 9.99. The highest BCUT2D eigenvalue weighted by atomic mass is 35.5. The van der Waals surface area contributed by atoms with Gasteiger partial charge >= 0.3 is 12.1 Å².